The summed E-state index contributed by atoms with van der Waals surface area (Å²) in [4.78, 5) is 0. The molecule has 0 saturated heterocycles. The van der Waals surface area contributed by atoms with Crippen molar-refractivity contribution in [2.75, 3.05) is 0 Å². The first-order chi connectivity index (χ1) is 9.82. The fourth-order valence-electron chi connectivity index (χ4n) is 3.06. The van der Waals surface area contributed by atoms with Crippen LogP contribution < -0.4 is 11.3 Å². The van der Waals surface area contributed by atoms with Crippen LogP contribution in [-0.2, 0) is 0 Å². The summed E-state index contributed by atoms with van der Waals surface area (Å²) in [6, 6.07) is 3.48. The molecule has 1 aliphatic rings. The van der Waals surface area contributed by atoms with Crippen molar-refractivity contribution in [2.45, 2.75) is 37.9 Å². The topological polar surface area (TPSA) is 38.0 Å². The molecule has 7 heteroatoms. The Kier molecular flexibility index (Phi) is 5.11. The Morgan fingerprint density at radius 3 is 2.57 bits per heavy atom. The van der Waals surface area contributed by atoms with Crippen LogP contribution in [0.4, 0.5) is 17.6 Å². The van der Waals surface area contributed by atoms with Gasteiger partial charge in [0.2, 0.25) is 0 Å². The molecular formula is C14H17ClF4N2. The van der Waals surface area contributed by atoms with Crippen LogP contribution in [0.5, 0.6) is 0 Å². The minimum absolute atomic E-state index is 0.0412. The molecule has 1 aliphatic carbocycles. The van der Waals surface area contributed by atoms with Crippen LogP contribution in [0.25, 0.3) is 0 Å². The molecular weight excluding hydrogens is 308 g/mol. The molecule has 1 fully saturated rings. The van der Waals surface area contributed by atoms with Crippen LogP contribution >= 0.6 is 11.6 Å². The van der Waals surface area contributed by atoms with Crippen LogP contribution in [0.2, 0.25) is 5.02 Å². The SMILES string of the molecule is NNC(c1ccc(Cl)cc1F)C1CCCC(C(F)(F)F)C1. The average molecular weight is 325 g/mol. The van der Waals surface area contributed by atoms with E-state index in [0.717, 1.165) is 6.07 Å². The third kappa shape index (κ3) is 3.87. The molecule has 2 rings (SSSR count). The zero-order chi connectivity index (χ0) is 15.6. The number of alkyl halides is 3. The van der Waals surface area contributed by atoms with E-state index in [1.165, 1.54) is 12.1 Å². The van der Waals surface area contributed by atoms with Crippen LogP contribution in [0.1, 0.15) is 37.3 Å². The Balaban J connectivity index is 2.20. The summed E-state index contributed by atoms with van der Waals surface area (Å²) < 4.78 is 52.6. The molecule has 2 nitrogen and oxygen atoms in total. The third-order valence-corrected chi connectivity index (χ3v) is 4.36. The predicted molar refractivity (Wildman–Crippen MR) is 73.0 cm³/mol. The van der Waals surface area contributed by atoms with Crippen molar-refractivity contribution in [1.29, 1.82) is 0 Å². The maximum Gasteiger partial charge on any atom is 0.391 e. The minimum atomic E-state index is -4.21. The summed E-state index contributed by atoms with van der Waals surface area (Å²) in [7, 11) is 0. The summed E-state index contributed by atoms with van der Waals surface area (Å²) >= 11 is 5.69. The zero-order valence-corrected chi connectivity index (χ0v) is 12.0. The van der Waals surface area contributed by atoms with E-state index in [1.54, 1.807) is 0 Å². The number of benzene rings is 1. The highest BCUT2D eigenvalue weighted by Crippen LogP contribution is 2.44. The van der Waals surface area contributed by atoms with Gasteiger partial charge in [0.1, 0.15) is 5.82 Å². The van der Waals surface area contributed by atoms with Gasteiger partial charge in [-0.1, -0.05) is 24.1 Å². The van der Waals surface area contributed by atoms with Gasteiger partial charge in [-0.25, -0.2) is 4.39 Å². The molecule has 0 amide bonds. The van der Waals surface area contributed by atoms with Gasteiger partial charge >= 0.3 is 6.18 Å². The molecule has 0 heterocycles. The van der Waals surface area contributed by atoms with Gasteiger partial charge in [0.05, 0.1) is 12.0 Å². The van der Waals surface area contributed by atoms with Crippen molar-refractivity contribution in [3.8, 4) is 0 Å². The molecule has 3 unspecified atom stereocenters. The Hall–Kier alpha value is -0.850. The van der Waals surface area contributed by atoms with E-state index in [0.29, 0.717) is 12.8 Å². The molecule has 0 bridgehead atoms. The van der Waals surface area contributed by atoms with Gasteiger partial charge in [-0.05, 0) is 37.3 Å². The van der Waals surface area contributed by atoms with E-state index in [-0.39, 0.29) is 29.3 Å². The first-order valence-electron chi connectivity index (χ1n) is 6.80. The van der Waals surface area contributed by atoms with Crippen LogP contribution in [-0.4, -0.2) is 6.18 Å². The van der Waals surface area contributed by atoms with Gasteiger partial charge < -0.3 is 0 Å². The Morgan fingerprint density at radius 2 is 2.00 bits per heavy atom. The number of nitrogens with two attached hydrogens (primary N) is 1. The molecule has 3 N–H and O–H groups in total. The monoisotopic (exact) mass is 324 g/mol. The van der Waals surface area contributed by atoms with E-state index in [9.17, 15) is 17.6 Å². The fraction of sp³-hybridized carbons (Fsp3) is 0.571. The van der Waals surface area contributed by atoms with Crippen molar-refractivity contribution < 1.29 is 17.6 Å². The number of halogens is 5. The minimum Gasteiger partial charge on any atom is -0.271 e. The maximum atomic E-state index is 14.0. The largest absolute Gasteiger partial charge is 0.391 e. The second-order valence-corrected chi connectivity index (χ2v) is 5.91. The van der Waals surface area contributed by atoms with Crippen molar-refractivity contribution in [1.82, 2.24) is 5.43 Å². The van der Waals surface area contributed by atoms with Crippen molar-refractivity contribution >= 4 is 11.6 Å². The van der Waals surface area contributed by atoms with Crippen LogP contribution in [0.3, 0.4) is 0 Å². The lowest BCUT2D eigenvalue weighted by Crippen LogP contribution is -2.38. The lowest BCUT2D eigenvalue weighted by Gasteiger charge is -2.35. The Morgan fingerprint density at radius 1 is 1.29 bits per heavy atom. The van der Waals surface area contributed by atoms with E-state index >= 15 is 0 Å². The van der Waals surface area contributed by atoms with Crippen LogP contribution in [0, 0.1) is 17.7 Å². The summed E-state index contributed by atoms with van der Waals surface area (Å²) in [5, 5.41) is 0.240. The smallest absolute Gasteiger partial charge is 0.271 e. The molecule has 1 aromatic carbocycles. The number of rotatable bonds is 3. The first kappa shape index (κ1) is 16.5. The molecule has 21 heavy (non-hydrogen) atoms. The fourth-order valence-corrected chi connectivity index (χ4v) is 3.22. The Bertz CT molecular complexity index is 492. The molecule has 0 spiro atoms. The number of hydrazine groups is 1. The second kappa shape index (κ2) is 6.50. The summed E-state index contributed by atoms with van der Waals surface area (Å²) in [5.41, 5.74) is 2.73. The molecule has 0 radical (unpaired) electrons. The molecule has 118 valence electrons. The van der Waals surface area contributed by atoms with Gasteiger partial charge in [-0.2, -0.15) is 13.2 Å². The lowest BCUT2D eigenvalue weighted by molar-refractivity contribution is -0.186. The van der Waals surface area contributed by atoms with E-state index < -0.39 is 24.0 Å². The number of hydrogen-bond donors (Lipinski definition) is 2. The quantitative estimate of drug-likeness (QED) is 0.493. The molecule has 0 aromatic heterocycles. The molecule has 3 atom stereocenters. The maximum absolute atomic E-state index is 14.0. The lowest BCUT2D eigenvalue weighted by atomic mass is 9.76. The van der Waals surface area contributed by atoms with Crippen LogP contribution in [0.15, 0.2) is 18.2 Å². The summed E-state index contributed by atoms with van der Waals surface area (Å²) in [5.74, 6) is 3.21. The van der Waals surface area contributed by atoms with Crippen molar-refractivity contribution in [3.05, 3.63) is 34.6 Å². The van der Waals surface area contributed by atoms with E-state index in [2.05, 4.69) is 5.43 Å². The van der Waals surface area contributed by atoms with E-state index in [4.69, 9.17) is 17.4 Å². The van der Waals surface area contributed by atoms with Crippen molar-refractivity contribution in [3.63, 3.8) is 0 Å². The first-order valence-corrected chi connectivity index (χ1v) is 7.18. The van der Waals surface area contributed by atoms with Gasteiger partial charge in [0.15, 0.2) is 0 Å². The normalized spacial score (nSPS) is 24.9. The summed E-state index contributed by atoms with van der Waals surface area (Å²) in [6.45, 7) is 0. The number of nitrogens with one attached hydrogen (secondary N) is 1. The van der Waals surface area contributed by atoms with Gasteiger partial charge in [0, 0.05) is 10.6 Å². The van der Waals surface area contributed by atoms with Gasteiger partial charge in [-0.3, -0.25) is 11.3 Å². The average Bonchev–Trinajstić information content (AvgIpc) is 2.41. The third-order valence-electron chi connectivity index (χ3n) is 4.13. The van der Waals surface area contributed by atoms with Gasteiger partial charge in [-0.15, -0.1) is 0 Å². The molecule has 0 aliphatic heterocycles. The number of hydrogen-bond acceptors (Lipinski definition) is 2. The highest BCUT2D eigenvalue weighted by atomic mass is 35.5. The highest BCUT2D eigenvalue weighted by molar-refractivity contribution is 6.30. The molecule has 1 saturated carbocycles. The molecule has 1 aromatic rings. The Labute approximate surface area is 125 Å². The predicted octanol–water partition coefficient (Wildman–Crippen LogP) is 4.35. The van der Waals surface area contributed by atoms with Gasteiger partial charge in [0.25, 0.3) is 0 Å². The second-order valence-electron chi connectivity index (χ2n) is 5.48. The standard InChI is InChI=1S/C14H17ClF4N2/c15-10-4-5-11(12(16)7-10)13(21-20)8-2-1-3-9(6-8)14(17,18)19/h4-5,7-9,13,21H,1-3,6,20H2. The van der Waals surface area contributed by atoms with Crippen molar-refractivity contribution in [2.24, 2.45) is 17.7 Å². The van der Waals surface area contributed by atoms with E-state index in [1.807, 2.05) is 0 Å². The highest BCUT2D eigenvalue weighted by Gasteiger charge is 2.43. The zero-order valence-electron chi connectivity index (χ0n) is 11.3. The summed E-state index contributed by atoms with van der Waals surface area (Å²) in [6.07, 6.45) is -3.08.